The third kappa shape index (κ3) is 4.18. The van der Waals surface area contributed by atoms with E-state index in [0.29, 0.717) is 6.07 Å². The van der Waals surface area contributed by atoms with Crippen molar-refractivity contribution in [1.82, 2.24) is 0 Å². The highest BCUT2D eigenvalue weighted by Crippen LogP contribution is 2.19. The van der Waals surface area contributed by atoms with Crippen LogP contribution in [0.1, 0.15) is 20.7 Å². The molecule has 2 aromatic rings. The Balaban J connectivity index is 2.02. The molecule has 6 nitrogen and oxygen atoms in total. The van der Waals surface area contributed by atoms with Gasteiger partial charge in [0.25, 0.3) is 0 Å². The van der Waals surface area contributed by atoms with Crippen molar-refractivity contribution in [2.75, 3.05) is 6.61 Å². The molecule has 10 heteroatoms. The highest BCUT2D eigenvalue weighted by atomic mass is 32.2. The zero-order chi connectivity index (χ0) is 17.2. The molecule has 0 bridgehead atoms. The Hall–Kier alpha value is -2.17. The van der Waals surface area contributed by atoms with Gasteiger partial charge in [-0.2, -0.15) is 0 Å². The minimum atomic E-state index is -3.93. The normalized spacial score (nSPS) is 11.3. The lowest BCUT2D eigenvalue weighted by atomic mass is 10.1. The van der Waals surface area contributed by atoms with E-state index in [9.17, 15) is 26.8 Å². The molecule has 122 valence electrons. The Morgan fingerprint density at radius 2 is 1.83 bits per heavy atom. The number of esters is 1. The number of halogens is 2. The average molecular weight is 361 g/mol. The van der Waals surface area contributed by atoms with Crippen LogP contribution in [0.15, 0.2) is 33.9 Å². The predicted molar refractivity (Wildman–Crippen MR) is 76.7 cm³/mol. The number of primary sulfonamides is 1. The van der Waals surface area contributed by atoms with Gasteiger partial charge in [0.2, 0.25) is 10.0 Å². The zero-order valence-electron chi connectivity index (χ0n) is 11.3. The number of sulfonamides is 1. The molecule has 0 aliphatic heterocycles. The summed E-state index contributed by atoms with van der Waals surface area (Å²) in [6.45, 7) is -0.704. The molecule has 0 unspecified atom stereocenters. The van der Waals surface area contributed by atoms with Crippen LogP contribution in [0.5, 0.6) is 0 Å². The number of carbonyl (C=O) groups is 2. The van der Waals surface area contributed by atoms with E-state index in [0.717, 1.165) is 29.5 Å². The number of nitrogens with two attached hydrogens (primary N) is 1. The number of Topliss-reactive ketones (excluding diaryl/α,β-unsaturated/α-hetero) is 1. The fourth-order valence-corrected chi connectivity index (χ4v) is 3.11. The Labute approximate surface area is 133 Å². The molecule has 0 amide bonds. The Morgan fingerprint density at radius 1 is 1.13 bits per heavy atom. The fourth-order valence-electron chi connectivity index (χ4n) is 1.54. The number of thiophene rings is 1. The summed E-state index contributed by atoms with van der Waals surface area (Å²) in [5, 5.41) is 6.12. The Kier molecular flexibility index (Phi) is 4.88. The second-order valence-electron chi connectivity index (χ2n) is 4.33. The number of carbonyl (C=O) groups excluding carboxylic acids is 2. The summed E-state index contributed by atoms with van der Waals surface area (Å²) in [6, 6.07) is 3.54. The van der Waals surface area contributed by atoms with Crippen LogP contribution in [0.25, 0.3) is 0 Å². The summed E-state index contributed by atoms with van der Waals surface area (Å²) < 4.78 is 52.5. The van der Waals surface area contributed by atoms with Gasteiger partial charge in [-0.25, -0.2) is 27.1 Å². The minimum absolute atomic E-state index is 0.0860. The van der Waals surface area contributed by atoms with Crippen LogP contribution in [0.2, 0.25) is 0 Å². The first-order valence-corrected chi connectivity index (χ1v) is 8.38. The lowest BCUT2D eigenvalue weighted by Crippen LogP contribution is -2.14. The maximum absolute atomic E-state index is 13.0. The first kappa shape index (κ1) is 17.2. The lowest BCUT2D eigenvalue weighted by Gasteiger charge is -2.03. The second kappa shape index (κ2) is 6.52. The largest absolute Gasteiger partial charge is 0.454 e. The molecule has 23 heavy (non-hydrogen) atoms. The molecule has 0 aliphatic carbocycles. The number of ether oxygens (including phenoxy) is 1. The first-order chi connectivity index (χ1) is 10.7. The van der Waals surface area contributed by atoms with E-state index in [1.165, 1.54) is 5.38 Å². The highest BCUT2D eigenvalue weighted by Gasteiger charge is 2.18. The van der Waals surface area contributed by atoms with Crippen LogP contribution in [0, 0.1) is 11.6 Å². The van der Waals surface area contributed by atoms with Crippen molar-refractivity contribution in [3.05, 3.63) is 52.4 Å². The molecule has 0 radical (unpaired) electrons. The zero-order valence-corrected chi connectivity index (χ0v) is 12.9. The van der Waals surface area contributed by atoms with Crippen molar-refractivity contribution in [2.24, 2.45) is 5.14 Å². The molecule has 1 heterocycles. The molecule has 0 fully saturated rings. The van der Waals surface area contributed by atoms with Gasteiger partial charge in [-0.3, -0.25) is 4.79 Å². The highest BCUT2D eigenvalue weighted by molar-refractivity contribution is 7.91. The standard InChI is InChI=1S/C13H9F2NO5S2/c14-9-2-1-7(3-10(9)15)11(17)5-21-13(18)8-4-12(22-6-8)23(16,19)20/h1-4,6H,5H2,(H2,16,19,20). The van der Waals surface area contributed by atoms with Gasteiger partial charge in [0.05, 0.1) is 5.56 Å². The van der Waals surface area contributed by atoms with Crippen molar-refractivity contribution in [3.63, 3.8) is 0 Å². The number of ketones is 1. The van der Waals surface area contributed by atoms with E-state index < -0.39 is 40.0 Å². The summed E-state index contributed by atoms with van der Waals surface area (Å²) in [5.41, 5.74) is -0.246. The van der Waals surface area contributed by atoms with E-state index in [-0.39, 0.29) is 15.3 Å². The van der Waals surface area contributed by atoms with Crippen LogP contribution in [0.3, 0.4) is 0 Å². The number of hydrogen-bond donors (Lipinski definition) is 1. The van der Waals surface area contributed by atoms with Gasteiger partial charge < -0.3 is 4.74 Å². The van der Waals surface area contributed by atoms with Gasteiger partial charge in [0, 0.05) is 10.9 Å². The maximum Gasteiger partial charge on any atom is 0.339 e. The van der Waals surface area contributed by atoms with E-state index in [1.54, 1.807) is 0 Å². The van der Waals surface area contributed by atoms with E-state index >= 15 is 0 Å². The topological polar surface area (TPSA) is 104 Å². The summed E-state index contributed by atoms with van der Waals surface area (Å²) >= 11 is 0.729. The number of hydrogen-bond acceptors (Lipinski definition) is 6. The molecule has 2 N–H and O–H groups in total. The van der Waals surface area contributed by atoms with Gasteiger partial charge in [0.15, 0.2) is 24.0 Å². The van der Waals surface area contributed by atoms with Crippen molar-refractivity contribution in [3.8, 4) is 0 Å². The minimum Gasteiger partial charge on any atom is -0.454 e. The molecule has 0 saturated carbocycles. The Bertz CT molecular complexity index is 876. The second-order valence-corrected chi connectivity index (χ2v) is 7.03. The first-order valence-electron chi connectivity index (χ1n) is 5.95. The summed E-state index contributed by atoms with van der Waals surface area (Å²) in [5.74, 6) is -3.98. The fraction of sp³-hybridized carbons (Fsp3) is 0.0769. The summed E-state index contributed by atoms with van der Waals surface area (Å²) in [6.07, 6.45) is 0. The SMILES string of the molecule is NS(=O)(=O)c1cc(C(=O)OCC(=O)c2ccc(F)c(F)c2)cs1. The molecule has 2 rings (SSSR count). The lowest BCUT2D eigenvalue weighted by molar-refractivity contribution is 0.0475. The van der Waals surface area contributed by atoms with E-state index in [4.69, 9.17) is 9.88 Å². The van der Waals surface area contributed by atoms with Gasteiger partial charge in [-0.1, -0.05) is 0 Å². The monoisotopic (exact) mass is 361 g/mol. The van der Waals surface area contributed by atoms with E-state index in [2.05, 4.69) is 0 Å². The molecule has 1 aromatic heterocycles. The molecule has 0 aliphatic rings. The maximum atomic E-state index is 13.0. The third-order valence-corrected chi connectivity index (χ3v) is 5.05. The smallest absolute Gasteiger partial charge is 0.339 e. The molecule has 0 saturated heterocycles. The van der Waals surface area contributed by atoms with Gasteiger partial charge >= 0.3 is 5.97 Å². The predicted octanol–water partition coefficient (Wildman–Crippen LogP) is 1.71. The van der Waals surface area contributed by atoms with Gasteiger partial charge in [-0.15, -0.1) is 11.3 Å². The van der Waals surface area contributed by atoms with E-state index in [1.807, 2.05) is 0 Å². The molecule has 1 aromatic carbocycles. The van der Waals surface area contributed by atoms with Gasteiger partial charge in [-0.05, 0) is 24.3 Å². The van der Waals surface area contributed by atoms with Crippen molar-refractivity contribution in [2.45, 2.75) is 4.21 Å². The average Bonchev–Trinajstić information content (AvgIpc) is 2.97. The number of benzene rings is 1. The van der Waals surface area contributed by atoms with Crippen molar-refractivity contribution >= 4 is 33.1 Å². The molecular weight excluding hydrogens is 352 g/mol. The quantitative estimate of drug-likeness (QED) is 0.645. The molecule has 0 spiro atoms. The molecular formula is C13H9F2NO5S2. The van der Waals surface area contributed by atoms with Crippen molar-refractivity contribution in [1.29, 1.82) is 0 Å². The van der Waals surface area contributed by atoms with Crippen LogP contribution in [-0.4, -0.2) is 26.8 Å². The summed E-state index contributed by atoms with van der Waals surface area (Å²) in [7, 11) is -3.93. The summed E-state index contributed by atoms with van der Waals surface area (Å²) in [4.78, 5) is 23.4. The Morgan fingerprint density at radius 3 is 2.39 bits per heavy atom. The number of rotatable bonds is 5. The van der Waals surface area contributed by atoms with Crippen LogP contribution < -0.4 is 5.14 Å². The van der Waals surface area contributed by atoms with Crippen LogP contribution >= 0.6 is 11.3 Å². The van der Waals surface area contributed by atoms with Crippen LogP contribution in [0.4, 0.5) is 8.78 Å². The van der Waals surface area contributed by atoms with Gasteiger partial charge in [0.1, 0.15) is 4.21 Å². The van der Waals surface area contributed by atoms with Crippen molar-refractivity contribution < 1.29 is 31.5 Å². The third-order valence-electron chi connectivity index (χ3n) is 2.67. The molecule has 0 atom stereocenters. The van der Waals surface area contributed by atoms with Crippen LogP contribution in [-0.2, 0) is 14.8 Å².